The molecular formula is C11H18N2O2. The third-order valence-corrected chi connectivity index (χ3v) is 2.77. The Bertz CT molecular complexity index is 268. The summed E-state index contributed by atoms with van der Waals surface area (Å²) < 4.78 is 4.79. The van der Waals surface area contributed by atoms with E-state index >= 15 is 0 Å². The first-order chi connectivity index (χ1) is 7.10. The highest BCUT2D eigenvalue weighted by Crippen LogP contribution is 2.35. The molecule has 84 valence electrons. The van der Waals surface area contributed by atoms with Crippen LogP contribution in [0, 0.1) is 23.2 Å². The quantitative estimate of drug-likeness (QED) is 0.636. The summed E-state index contributed by atoms with van der Waals surface area (Å²) in [6.07, 6.45) is 2.18. The van der Waals surface area contributed by atoms with Crippen LogP contribution in [0.3, 0.4) is 0 Å². The number of hydrogen-bond donors (Lipinski definition) is 0. The van der Waals surface area contributed by atoms with Gasteiger partial charge in [-0.3, -0.25) is 9.69 Å². The molecule has 15 heavy (non-hydrogen) atoms. The number of nitriles is 1. The molecule has 2 unspecified atom stereocenters. The molecule has 4 nitrogen and oxygen atoms in total. The van der Waals surface area contributed by atoms with Gasteiger partial charge in [-0.05, 0) is 32.7 Å². The lowest BCUT2D eigenvalue weighted by molar-refractivity contribution is -0.147. The summed E-state index contributed by atoms with van der Waals surface area (Å²) in [6, 6.07) is 2.01. The van der Waals surface area contributed by atoms with Gasteiger partial charge in [-0.2, -0.15) is 5.26 Å². The van der Waals surface area contributed by atoms with Crippen molar-refractivity contribution in [3.63, 3.8) is 0 Å². The number of esters is 1. The van der Waals surface area contributed by atoms with E-state index in [1.807, 2.05) is 18.9 Å². The largest absolute Gasteiger partial charge is 0.468 e. The fraction of sp³-hybridized carbons (Fsp3) is 0.818. The molecule has 0 aromatic rings. The molecule has 0 saturated heterocycles. The zero-order valence-electron chi connectivity index (χ0n) is 9.56. The van der Waals surface area contributed by atoms with Crippen molar-refractivity contribution in [1.82, 2.24) is 4.90 Å². The van der Waals surface area contributed by atoms with Gasteiger partial charge in [0.15, 0.2) is 0 Å². The van der Waals surface area contributed by atoms with Crippen molar-refractivity contribution in [3.05, 3.63) is 0 Å². The third kappa shape index (κ3) is 3.21. The van der Waals surface area contributed by atoms with Crippen LogP contribution in [0.4, 0.5) is 0 Å². The van der Waals surface area contributed by atoms with Crippen molar-refractivity contribution in [3.8, 4) is 6.07 Å². The topological polar surface area (TPSA) is 53.3 Å². The van der Waals surface area contributed by atoms with E-state index in [0.717, 1.165) is 12.8 Å². The summed E-state index contributed by atoms with van der Waals surface area (Å²) in [4.78, 5) is 13.5. The van der Waals surface area contributed by atoms with Crippen molar-refractivity contribution in [1.29, 1.82) is 5.26 Å². The lowest BCUT2D eigenvalue weighted by atomic mass is 10.1. The number of rotatable bonds is 5. The van der Waals surface area contributed by atoms with Crippen LogP contribution in [-0.2, 0) is 9.53 Å². The van der Waals surface area contributed by atoms with Gasteiger partial charge in [0.25, 0.3) is 0 Å². The molecule has 1 aliphatic carbocycles. The molecule has 1 rings (SSSR count). The maximum atomic E-state index is 11.6. The number of hydrogen-bond acceptors (Lipinski definition) is 4. The highest BCUT2D eigenvalue weighted by atomic mass is 16.5. The van der Waals surface area contributed by atoms with Crippen LogP contribution in [0.5, 0.6) is 0 Å². The second-order valence-electron chi connectivity index (χ2n) is 4.28. The van der Waals surface area contributed by atoms with Gasteiger partial charge in [0.1, 0.15) is 6.04 Å². The van der Waals surface area contributed by atoms with Gasteiger partial charge < -0.3 is 4.74 Å². The fourth-order valence-corrected chi connectivity index (χ4v) is 1.85. The average Bonchev–Trinajstić information content (AvgIpc) is 3.01. The Balaban J connectivity index is 2.55. The van der Waals surface area contributed by atoms with E-state index < -0.39 is 0 Å². The van der Waals surface area contributed by atoms with E-state index in [-0.39, 0.29) is 17.9 Å². The van der Waals surface area contributed by atoms with E-state index in [2.05, 4.69) is 6.07 Å². The summed E-state index contributed by atoms with van der Waals surface area (Å²) in [7, 11) is 3.30. The lowest BCUT2D eigenvalue weighted by Gasteiger charge is -2.26. The zero-order chi connectivity index (χ0) is 11.4. The first-order valence-corrected chi connectivity index (χ1v) is 5.27. The van der Waals surface area contributed by atoms with E-state index in [9.17, 15) is 4.79 Å². The minimum absolute atomic E-state index is 0.0547. The second kappa shape index (κ2) is 5.13. The normalized spacial score (nSPS) is 19.4. The molecule has 0 aliphatic heterocycles. The van der Waals surface area contributed by atoms with Crippen LogP contribution >= 0.6 is 0 Å². The zero-order valence-corrected chi connectivity index (χ0v) is 9.56. The number of methoxy groups -OCH3 is 1. The minimum Gasteiger partial charge on any atom is -0.468 e. The molecule has 4 heteroatoms. The number of ether oxygens (including phenoxy) is 1. The lowest BCUT2D eigenvalue weighted by Crippen LogP contribution is -2.42. The molecule has 0 spiro atoms. The average molecular weight is 210 g/mol. The van der Waals surface area contributed by atoms with Gasteiger partial charge in [0.05, 0.1) is 19.1 Å². The van der Waals surface area contributed by atoms with Crippen LogP contribution in [0.25, 0.3) is 0 Å². The highest BCUT2D eigenvalue weighted by Gasteiger charge is 2.39. The Hall–Kier alpha value is -1.08. The molecule has 0 aromatic carbocycles. The smallest absolute Gasteiger partial charge is 0.323 e. The molecule has 0 aromatic heterocycles. The molecule has 0 bridgehead atoms. The highest BCUT2D eigenvalue weighted by molar-refractivity contribution is 5.76. The second-order valence-corrected chi connectivity index (χ2v) is 4.28. The van der Waals surface area contributed by atoms with E-state index in [4.69, 9.17) is 10.00 Å². The van der Waals surface area contributed by atoms with Crippen LogP contribution in [0.2, 0.25) is 0 Å². The molecule has 0 radical (unpaired) electrons. The van der Waals surface area contributed by atoms with Crippen LogP contribution < -0.4 is 0 Å². The Labute approximate surface area is 90.8 Å². The summed E-state index contributed by atoms with van der Waals surface area (Å²) in [6.45, 7) is 2.48. The number of carbonyl (C=O) groups is 1. The van der Waals surface area contributed by atoms with Gasteiger partial charge in [-0.15, -0.1) is 0 Å². The van der Waals surface area contributed by atoms with Crippen LogP contribution in [0.15, 0.2) is 0 Å². The van der Waals surface area contributed by atoms with E-state index in [1.54, 1.807) is 0 Å². The van der Waals surface area contributed by atoms with Crippen molar-refractivity contribution in [2.75, 3.05) is 20.7 Å². The maximum Gasteiger partial charge on any atom is 0.323 e. The molecule has 1 fully saturated rings. The molecule has 1 aliphatic rings. The Morgan fingerprint density at radius 3 is 2.67 bits per heavy atom. The minimum atomic E-state index is -0.176. The van der Waals surface area contributed by atoms with Gasteiger partial charge >= 0.3 is 5.97 Å². The summed E-state index contributed by atoms with van der Waals surface area (Å²) >= 11 is 0. The third-order valence-electron chi connectivity index (χ3n) is 2.77. The SMILES string of the molecule is COC(=O)C(C1CC1)N(C)CC(C)C#N. The van der Waals surface area contributed by atoms with Crippen LogP contribution in [-0.4, -0.2) is 37.6 Å². The number of nitrogens with zero attached hydrogens (tertiary/aromatic N) is 2. The van der Waals surface area contributed by atoms with Crippen LogP contribution in [0.1, 0.15) is 19.8 Å². The van der Waals surface area contributed by atoms with Crippen molar-refractivity contribution >= 4 is 5.97 Å². The summed E-state index contributed by atoms with van der Waals surface area (Å²) in [5.74, 6) is 0.194. The Morgan fingerprint density at radius 1 is 1.67 bits per heavy atom. The molecule has 0 heterocycles. The van der Waals surface area contributed by atoms with Gasteiger partial charge in [0.2, 0.25) is 0 Å². The first-order valence-electron chi connectivity index (χ1n) is 5.27. The van der Waals surface area contributed by atoms with Crippen molar-refractivity contribution < 1.29 is 9.53 Å². The number of carbonyl (C=O) groups excluding carboxylic acids is 1. The molecule has 0 N–H and O–H groups in total. The van der Waals surface area contributed by atoms with Crippen molar-refractivity contribution in [2.24, 2.45) is 11.8 Å². The summed E-state index contributed by atoms with van der Waals surface area (Å²) in [5.41, 5.74) is 0. The predicted molar refractivity (Wildman–Crippen MR) is 55.9 cm³/mol. The van der Waals surface area contributed by atoms with Gasteiger partial charge in [-0.25, -0.2) is 0 Å². The monoisotopic (exact) mass is 210 g/mol. The maximum absolute atomic E-state index is 11.6. The summed E-state index contributed by atoms with van der Waals surface area (Å²) in [5, 5.41) is 8.72. The molecular weight excluding hydrogens is 192 g/mol. The van der Waals surface area contributed by atoms with E-state index in [0.29, 0.717) is 12.5 Å². The van der Waals surface area contributed by atoms with E-state index in [1.165, 1.54) is 7.11 Å². The molecule has 1 saturated carbocycles. The predicted octanol–water partition coefficient (Wildman–Crippen LogP) is 1.03. The van der Waals surface area contributed by atoms with Gasteiger partial charge in [0, 0.05) is 6.54 Å². The number of likely N-dealkylation sites (N-methyl/N-ethyl adjacent to an activating group) is 1. The Kier molecular flexibility index (Phi) is 4.10. The first kappa shape index (κ1) is 12.0. The van der Waals surface area contributed by atoms with Crippen molar-refractivity contribution in [2.45, 2.75) is 25.8 Å². The molecule has 0 amide bonds. The molecule has 2 atom stereocenters. The fourth-order valence-electron chi connectivity index (χ4n) is 1.85. The standard InChI is InChI=1S/C11H18N2O2/c1-8(6-12)7-13(2)10(9-4-5-9)11(14)15-3/h8-10H,4-5,7H2,1-3H3. The Morgan fingerprint density at radius 2 is 2.27 bits per heavy atom. The van der Waals surface area contributed by atoms with Gasteiger partial charge in [-0.1, -0.05) is 0 Å².